The first-order valence-corrected chi connectivity index (χ1v) is 15.4. The lowest BCUT2D eigenvalue weighted by Gasteiger charge is -2.20. The van der Waals surface area contributed by atoms with E-state index in [1.165, 1.54) is 0 Å². The van der Waals surface area contributed by atoms with Crippen molar-refractivity contribution in [3.05, 3.63) is 182 Å². The predicted molar refractivity (Wildman–Crippen MR) is 198 cm³/mol. The summed E-state index contributed by atoms with van der Waals surface area (Å²) in [5.74, 6) is 0. The highest BCUT2D eigenvalue weighted by molar-refractivity contribution is 6.24. The third-order valence-corrected chi connectivity index (χ3v) is 8.87. The van der Waals surface area contributed by atoms with E-state index in [0.717, 1.165) is 32.7 Å². The first-order valence-electron chi connectivity index (χ1n) is 18.9. The minimum absolute atomic E-state index is 0.0218. The van der Waals surface area contributed by atoms with E-state index in [0.29, 0.717) is 44.2 Å². The van der Waals surface area contributed by atoms with Gasteiger partial charge in [-0.1, -0.05) is 170 Å². The second-order valence-corrected chi connectivity index (χ2v) is 11.5. The molecule has 9 aromatic carbocycles. The van der Waals surface area contributed by atoms with E-state index in [-0.39, 0.29) is 53.1 Å². The molecule has 0 aliphatic rings. The Morgan fingerprint density at radius 1 is 0.326 bits per heavy atom. The lowest BCUT2D eigenvalue weighted by Crippen LogP contribution is -1.93. The van der Waals surface area contributed by atoms with Crippen molar-refractivity contribution in [1.82, 2.24) is 0 Å². The van der Waals surface area contributed by atoms with Gasteiger partial charge in [-0.15, -0.1) is 0 Å². The zero-order chi connectivity index (χ0) is 36.5. The van der Waals surface area contributed by atoms with Crippen LogP contribution in [0.5, 0.6) is 0 Å². The maximum atomic E-state index is 9.95. The van der Waals surface area contributed by atoms with Crippen LogP contribution in [0.3, 0.4) is 0 Å². The molecule has 46 heavy (non-hydrogen) atoms. The topological polar surface area (TPSA) is 0 Å². The first-order chi connectivity index (χ1) is 25.8. The van der Waals surface area contributed by atoms with E-state index >= 15 is 0 Å². The van der Waals surface area contributed by atoms with Crippen molar-refractivity contribution < 1.29 is 9.60 Å². The zero-order valence-electron chi connectivity index (χ0n) is 31.8. The monoisotopic (exact) mass is 589 g/mol. The maximum absolute atomic E-state index is 9.95. The van der Waals surface area contributed by atoms with Gasteiger partial charge in [0.2, 0.25) is 0 Å². The Balaban J connectivity index is 1.54. The van der Waals surface area contributed by atoms with E-state index in [2.05, 4.69) is 24.3 Å². The van der Waals surface area contributed by atoms with Crippen LogP contribution in [0.15, 0.2) is 182 Å². The fourth-order valence-electron chi connectivity index (χ4n) is 6.79. The minimum atomic E-state index is -0.386. The van der Waals surface area contributed by atoms with Gasteiger partial charge < -0.3 is 0 Å². The van der Waals surface area contributed by atoms with E-state index in [9.17, 15) is 6.85 Å². The number of hydrogen-bond acceptors (Lipinski definition) is 0. The Hall–Kier alpha value is -5.98. The molecule has 0 aliphatic carbocycles. The quantitative estimate of drug-likeness (QED) is 0.179. The maximum Gasteiger partial charge on any atom is 0.0636 e. The molecular weight excluding hydrogens is 553 g/mol. The van der Waals surface area contributed by atoms with Gasteiger partial charge in [0.25, 0.3) is 0 Å². The van der Waals surface area contributed by atoms with Crippen molar-refractivity contribution in [3.8, 4) is 44.5 Å². The van der Waals surface area contributed by atoms with Crippen molar-refractivity contribution in [3.63, 3.8) is 0 Å². The fraction of sp³-hybridized carbons (Fsp3) is 0. The Morgan fingerprint density at radius 2 is 0.870 bits per heavy atom. The molecule has 0 aliphatic heterocycles. The molecule has 0 heteroatoms. The Morgan fingerprint density at radius 3 is 1.63 bits per heavy atom. The van der Waals surface area contributed by atoms with Crippen LogP contribution in [0, 0.1) is 0 Å². The van der Waals surface area contributed by atoms with Gasteiger partial charge in [-0.2, -0.15) is 0 Å². The van der Waals surface area contributed by atoms with Gasteiger partial charge in [-0.25, -0.2) is 0 Å². The molecule has 0 heterocycles. The largest absolute Gasteiger partial charge is 0.0636 e. The Bertz CT molecular complexity index is 2960. The van der Waals surface area contributed by atoms with Crippen molar-refractivity contribution in [2.75, 3.05) is 0 Å². The van der Waals surface area contributed by atoms with E-state index in [1.54, 1.807) is 0 Å². The lowest BCUT2D eigenvalue weighted by molar-refractivity contribution is 1.62. The van der Waals surface area contributed by atoms with Crippen LogP contribution in [0.4, 0.5) is 0 Å². The summed E-state index contributed by atoms with van der Waals surface area (Å²) in [6.07, 6.45) is 0. The number of fused-ring (bicyclic) bond motifs is 4. The van der Waals surface area contributed by atoms with Gasteiger partial charge in [-0.05, 0) is 99.7 Å². The molecule has 0 saturated carbocycles. The highest BCUT2D eigenvalue weighted by Crippen LogP contribution is 2.46. The van der Waals surface area contributed by atoms with Gasteiger partial charge in [0.05, 0.1) is 9.60 Å². The zero-order valence-corrected chi connectivity index (χ0v) is 24.8. The second-order valence-electron chi connectivity index (χ2n) is 11.5. The highest BCUT2D eigenvalue weighted by atomic mass is 14.2. The van der Waals surface area contributed by atoms with Crippen LogP contribution in [0.2, 0.25) is 0 Å². The van der Waals surface area contributed by atoms with Crippen LogP contribution in [0.25, 0.3) is 87.6 Å². The molecular formula is C46H30. The van der Waals surface area contributed by atoms with Crippen LogP contribution >= 0.6 is 0 Å². The lowest BCUT2D eigenvalue weighted by atomic mass is 9.83. The van der Waals surface area contributed by atoms with E-state index < -0.39 is 0 Å². The van der Waals surface area contributed by atoms with E-state index in [1.807, 2.05) is 115 Å². The summed E-state index contributed by atoms with van der Waals surface area (Å²) in [7, 11) is 0. The molecule has 0 fully saturated rings. The molecule has 214 valence electrons. The van der Waals surface area contributed by atoms with Crippen molar-refractivity contribution >= 4 is 43.1 Å². The molecule has 0 unspecified atom stereocenters. The molecule has 0 nitrogen and oxygen atoms in total. The van der Waals surface area contributed by atoms with Crippen molar-refractivity contribution in [1.29, 1.82) is 0 Å². The molecule has 0 spiro atoms. The molecule has 0 amide bonds. The van der Waals surface area contributed by atoms with E-state index in [4.69, 9.17) is 2.74 Å². The van der Waals surface area contributed by atoms with Gasteiger partial charge in [0.1, 0.15) is 0 Å². The molecule has 0 atom stereocenters. The van der Waals surface area contributed by atoms with Crippen LogP contribution in [-0.4, -0.2) is 0 Å². The van der Waals surface area contributed by atoms with Crippen LogP contribution in [-0.2, 0) is 0 Å². The summed E-state index contributed by atoms with van der Waals surface area (Å²) < 4.78 is 65.8. The molecule has 0 aromatic heterocycles. The standard InChI is InChI=1S/C46H30/c1-2-13-31(14-3-1)34-27-28-43-44(30-34)45(36-20-10-19-35(29-36)39-25-11-17-32-15-4-6-21-37(32)39)41-23-8-9-24-42(41)46(43)40-26-12-18-33-16-5-7-22-38(33)40/h1-30H/i8D,9D,23D,24D,27D,28D,30D. The average molecular weight is 590 g/mol. The van der Waals surface area contributed by atoms with Gasteiger partial charge >= 0.3 is 0 Å². The van der Waals surface area contributed by atoms with Crippen LogP contribution < -0.4 is 0 Å². The number of hydrogen-bond donors (Lipinski definition) is 0. The summed E-state index contributed by atoms with van der Waals surface area (Å²) >= 11 is 0. The van der Waals surface area contributed by atoms with Crippen molar-refractivity contribution in [2.45, 2.75) is 0 Å². The molecule has 0 radical (unpaired) electrons. The smallest absolute Gasteiger partial charge is 0.0622 e. The summed E-state index contributed by atoms with van der Waals surface area (Å²) in [4.78, 5) is 0. The number of rotatable bonds is 4. The Labute approximate surface area is 278 Å². The average Bonchev–Trinajstić information content (AvgIpc) is 3.20. The normalized spacial score (nSPS) is 13.6. The third kappa shape index (κ3) is 4.30. The fourth-order valence-corrected chi connectivity index (χ4v) is 6.79. The molecule has 0 saturated heterocycles. The Kier molecular flexibility index (Phi) is 4.76. The molecule has 0 N–H and O–H groups in total. The first kappa shape index (κ1) is 20.1. The second kappa shape index (κ2) is 10.9. The summed E-state index contributed by atoms with van der Waals surface area (Å²) in [6, 6.07) is 43.5. The van der Waals surface area contributed by atoms with Gasteiger partial charge in [0.15, 0.2) is 0 Å². The molecule has 9 aromatic rings. The number of benzene rings is 9. The third-order valence-electron chi connectivity index (χ3n) is 8.87. The van der Waals surface area contributed by atoms with Gasteiger partial charge in [0, 0.05) is 0 Å². The van der Waals surface area contributed by atoms with Crippen LogP contribution in [0.1, 0.15) is 9.60 Å². The SMILES string of the molecule is [2H]c1c([2H])c([2H])c2c(-c3cccc4ccccc34)c3c([2H])c([2H])c(-c4ccccc4)c([2H])c3c(-c3cccc(-c4cccc5ccccc45)c3)c2c1[2H]. The predicted octanol–water partition coefficient (Wildman–Crippen LogP) is 13.0. The summed E-state index contributed by atoms with van der Waals surface area (Å²) in [5, 5.41) is 5.09. The van der Waals surface area contributed by atoms with Crippen molar-refractivity contribution in [2.24, 2.45) is 0 Å². The van der Waals surface area contributed by atoms with Gasteiger partial charge in [-0.3, -0.25) is 0 Å². The molecule has 9 rings (SSSR count). The highest BCUT2D eigenvalue weighted by Gasteiger charge is 2.19. The molecule has 0 bridgehead atoms. The summed E-state index contributed by atoms with van der Waals surface area (Å²) in [5.41, 5.74) is 4.97. The minimum Gasteiger partial charge on any atom is -0.0622 e. The summed E-state index contributed by atoms with van der Waals surface area (Å²) in [6.45, 7) is 0.